The number of ketones is 1. The van der Waals surface area contributed by atoms with Crippen LogP contribution in [0.4, 0.5) is 0 Å². The zero-order valence-electron chi connectivity index (χ0n) is 8.50. The minimum atomic E-state index is -0.723. The molecule has 0 atom stereocenters. The Morgan fingerprint density at radius 2 is 1.57 bits per heavy atom. The number of aliphatic carboxylic acids is 1. The van der Waals surface area contributed by atoms with Gasteiger partial charge < -0.3 is 5.11 Å². The van der Waals surface area contributed by atoms with E-state index in [0.717, 1.165) is 38.5 Å². The van der Waals surface area contributed by atoms with Crippen LogP contribution in [0.1, 0.15) is 51.4 Å². The van der Waals surface area contributed by atoms with Gasteiger partial charge in [0, 0.05) is 18.8 Å². The van der Waals surface area contributed by atoms with E-state index in [-0.39, 0.29) is 6.42 Å². The maximum absolute atomic E-state index is 11.3. The molecule has 0 aromatic carbocycles. The molecule has 1 fully saturated rings. The van der Waals surface area contributed by atoms with Gasteiger partial charge in [0.05, 0.1) is 0 Å². The fourth-order valence-corrected chi connectivity index (χ4v) is 1.54. The second kappa shape index (κ2) is 5.78. The number of hydrogen-bond donors (Lipinski definition) is 1. The number of unbranched alkanes of at least 4 members (excludes halogenated alkanes) is 3. The molecule has 3 nitrogen and oxygen atoms in total. The number of carboxylic acids is 1. The summed E-state index contributed by atoms with van der Waals surface area (Å²) in [5, 5.41) is 8.39. The van der Waals surface area contributed by atoms with Gasteiger partial charge in [-0.1, -0.05) is 12.8 Å². The van der Waals surface area contributed by atoms with Crippen molar-refractivity contribution in [3.05, 3.63) is 0 Å². The number of hydrogen-bond acceptors (Lipinski definition) is 2. The molecular formula is C11H18O3. The third kappa shape index (κ3) is 5.00. The Labute approximate surface area is 84.5 Å². The molecule has 0 amide bonds. The largest absolute Gasteiger partial charge is 0.481 e. The Bertz CT molecular complexity index is 207. The van der Waals surface area contributed by atoms with Crippen LogP contribution >= 0.6 is 0 Å². The summed E-state index contributed by atoms with van der Waals surface area (Å²) in [7, 11) is 0. The number of carboxylic acid groups (broad SMARTS) is 1. The van der Waals surface area contributed by atoms with E-state index in [0.29, 0.717) is 18.1 Å². The molecule has 1 aliphatic carbocycles. The zero-order chi connectivity index (χ0) is 10.4. The van der Waals surface area contributed by atoms with Gasteiger partial charge in [0.25, 0.3) is 0 Å². The Kier molecular flexibility index (Phi) is 4.63. The predicted octanol–water partition coefficient (Wildman–Crippen LogP) is 2.39. The van der Waals surface area contributed by atoms with E-state index < -0.39 is 5.97 Å². The summed E-state index contributed by atoms with van der Waals surface area (Å²) in [6, 6.07) is 0. The molecule has 0 spiro atoms. The predicted molar refractivity (Wildman–Crippen MR) is 53.1 cm³/mol. The number of Topliss-reactive ketones (excluding diaryl/α,β-unsaturated/α-hetero) is 1. The Hall–Kier alpha value is -0.860. The SMILES string of the molecule is O=C(O)CCCCCCC(=O)C1CC1. The van der Waals surface area contributed by atoms with Crippen molar-refractivity contribution >= 4 is 11.8 Å². The van der Waals surface area contributed by atoms with Gasteiger partial charge in [-0.05, 0) is 25.7 Å². The summed E-state index contributed by atoms with van der Waals surface area (Å²) in [5.41, 5.74) is 0. The van der Waals surface area contributed by atoms with Gasteiger partial charge in [0.15, 0.2) is 0 Å². The second-order valence-electron chi connectivity index (χ2n) is 4.05. The van der Waals surface area contributed by atoms with Gasteiger partial charge in [0.1, 0.15) is 5.78 Å². The lowest BCUT2D eigenvalue weighted by Gasteiger charge is -1.99. The monoisotopic (exact) mass is 198 g/mol. The Morgan fingerprint density at radius 3 is 2.07 bits per heavy atom. The topological polar surface area (TPSA) is 54.4 Å². The summed E-state index contributed by atoms with van der Waals surface area (Å²) in [6.45, 7) is 0. The molecule has 0 heterocycles. The normalized spacial score (nSPS) is 15.4. The Morgan fingerprint density at radius 1 is 1.00 bits per heavy atom. The van der Waals surface area contributed by atoms with Crippen molar-refractivity contribution in [2.75, 3.05) is 0 Å². The van der Waals surface area contributed by atoms with Gasteiger partial charge in [-0.25, -0.2) is 0 Å². The lowest BCUT2D eigenvalue weighted by atomic mass is 10.1. The van der Waals surface area contributed by atoms with Crippen LogP contribution in [-0.2, 0) is 9.59 Å². The summed E-state index contributed by atoms with van der Waals surface area (Å²) < 4.78 is 0. The van der Waals surface area contributed by atoms with Crippen molar-refractivity contribution in [2.24, 2.45) is 5.92 Å². The average Bonchev–Trinajstić information content (AvgIpc) is 2.92. The first-order chi connectivity index (χ1) is 6.70. The molecule has 0 aromatic rings. The molecule has 1 saturated carbocycles. The highest BCUT2D eigenvalue weighted by molar-refractivity contribution is 5.83. The molecule has 0 saturated heterocycles. The molecular weight excluding hydrogens is 180 g/mol. The van der Waals surface area contributed by atoms with E-state index >= 15 is 0 Å². The van der Waals surface area contributed by atoms with E-state index in [1.54, 1.807) is 0 Å². The van der Waals surface area contributed by atoms with Crippen molar-refractivity contribution in [1.82, 2.24) is 0 Å². The zero-order valence-corrected chi connectivity index (χ0v) is 8.50. The minimum Gasteiger partial charge on any atom is -0.481 e. The van der Waals surface area contributed by atoms with Crippen molar-refractivity contribution in [3.8, 4) is 0 Å². The van der Waals surface area contributed by atoms with Crippen LogP contribution in [0.3, 0.4) is 0 Å². The molecule has 0 radical (unpaired) electrons. The highest BCUT2D eigenvalue weighted by Crippen LogP contribution is 2.31. The van der Waals surface area contributed by atoms with Gasteiger partial charge >= 0.3 is 5.97 Å². The van der Waals surface area contributed by atoms with Gasteiger partial charge in [0.2, 0.25) is 0 Å². The minimum absolute atomic E-state index is 0.260. The summed E-state index contributed by atoms with van der Waals surface area (Å²) >= 11 is 0. The molecule has 1 aliphatic rings. The van der Waals surface area contributed by atoms with Crippen LogP contribution in [-0.4, -0.2) is 16.9 Å². The number of rotatable bonds is 8. The second-order valence-corrected chi connectivity index (χ2v) is 4.05. The lowest BCUT2D eigenvalue weighted by Crippen LogP contribution is -1.99. The summed E-state index contributed by atoms with van der Waals surface area (Å²) in [4.78, 5) is 21.4. The Balaban J connectivity index is 1.84. The molecule has 0 aliphatic heterocycles. The van der Waals surface area contributed by atoms with Crippen LogP contribution in [0.25, 0.3) is 0 Å². The molecule has 3 heteroatoms. The van der Waals surface area contributed by atoms with Crippen LogP contribution in [0.2, 0.25) is 0 Å². The molecule has 1 rings (SSSR count). The van der Waals surface area contributed by atoms with Crippen molar-refractivity contribution in [1.29, 1.82) is 0 Å². The fourth-order valence-electron chi connectivity index (χ4n) is 1.54. The lowest BCUT2D eigenvalue weighted by molar-refractivity contribution is -0.137. The quantitative estimate of drug-likeness (QED) is 0.609. The number of carbonyl (C=O) groups is 2. The molecule has 80 valence electrons. The van der Waals surface area contributed by atoms with E-state index in [1.165, 1.54) is 0 Å². The smallest absolute Gasteiger partial charge is 0.303 e. The number of carbonyl (C=O) groups excluding carboxylic acids is 1. The van der Waals surface area contributed by atoms with Crippen molar-refractivity contribution in [2.45, 2.75) is 51.4 Å². The maximum Gasteiger partial charge on any atom is 0.303 e. The fraction of sp³-hybridized carbons (Fsp3) is 0.818. The van der Waals surface area contributed by atoms with Gasteiger partial charge in [-0.15, -0.1) is 0 Å². The molecule has 0 aromatic heterocycles. The van der Waals surface area contributed by atoms with Crippen LogP contribution in [0.15, 0.2) is 0 Å². The van der Waals surface area contributed by atoms with Crippen molar-refractivity contribution < 1.29 is 14.7 Å². The first-order valence-electron chi connectivity index (χ1n) is 5.44. The molecule has 1 N–H and O–H groups in total. The van der Waals surface area contributed by atoms with E-state index in [2.05, 4.69) is 0 Å². The molecule has 14 heavy (non-hydrogen) atoms. The van der Waals surface area contributed by atoms with Crippen LogP contribution in [0.5, 0.6) is 0 Å². The van der Waals surface area contributed by atoms with E-state index in [4.69, 9.17) is 5.11 Å². The highest BCUT2D eigenvalue weighted by atomic mass is 16.4. The first kappa shape index (κ1) is 11.2. The third-order valence-electron chi connectivity index (χ3n) is 2.60. The first-order valence-corrected chi connectivity index (χ1v) is 5.44. The average molecular weight is 198 g/mol. The molecule has 0 bridgehead atoms. The van der Waals surface area contributed by atoms with E-state index in [9.17, 15) is 9.59 Å². The standard InChI is InChI=1S/C11H18O3/c12-10(9-7-8-9)5-3-1-2-4-6-11(13)14/h9H,1-8H2,(H,13,14). The van der Waals surface area contributed by atoms with Crippen molar-refractivity contribution in [3.63, 3.8) is 0 Å². The van der Waals surface area contributed by atoms with E-state index in [1.807, 2.05) is 0 Å². The van der Waals surface area contributed by atoms with Crippen LogP contribution in [0, 0.1) is 5.92 Å². The molecule has 0 unspecified atom stereocenters. The highest BCUT2D eigenvalue weighted by Gasteiger charge is 2.28. The van der Waals surface area contributed by atoms with Gasteiger partial charge in [-0.2, -0.15) is 0 Å². The van der Waals surface area contributed by atoms with Crippen LogP contribution < -0.4 is 0 Å². The van der Waals surface area contributed by atoms with Gasteiger partial charge in [-0.3, -0.25) is 9.59 Å². The summed E-state index contributed by atoms with van der Waals surface area (Å²) in [6.07, 6.45) is 6.77. The maximum atomic E-state index is 11.3. The summed E-state index contributed by atoms with van der Waals surface area (Å²) in [5.74, 6) is 0.0799. The third-order valence-corrected chi connectivity index (χ3v) is 2.60.